The molecule has 1 saturated heterocycles. The van der Waals surface area contributed by atoms with Crippen LogP contribution in [0.25, 0.3) is 0 Å². The summed E-state index contributed by atoms with van der Waals surface area (Å²) in [6, 6.07) is 1.69. The van der Waals surface area contributed by atoms with E-state index in [2.05, 4.69) is 20.7 Å². The topological polar surface area (TPSA) is 55.4 Å². The molecule has 1 unspecified atom stereocenters. The predicted molar refractivity (Wildman–Crippen MR) is 75.5 cm³/mol. The number of hydrogen-bond donors (Lipinski definition) is 1. The fourth-order valence-electron chi connectivity index (χ4n) is 1.83. The van der Waals surface area contributed by atoms with E-state index in [4.69, 9.17) is 4.74 Å². The molecule has 0 bridgehead atoms. The van der Waals surface area contributed by atoms with Crippen molar-refractivity contribution in [2.45, 2.75) is 24.0 Å². The molecule has 18 heavy (non-hydrogen) atoms. The Balaban J connectivity index is 1.98. The van der Waals surface area contributed by atoms with E-state index in [1.54, 1.807) is 6.07 Å². The van der Waals surface area contributed by atoms with Gasteiger partial charge in [0.2, 0.25) is 10.0 Å². The number of aryl methyl sites for hydroxylation is 1. The third kappa shape index (κ3) is 3.54. The first kappa shape index (κ1) is 14.5. The summed E-state index contributed by atoms with van der Waals surface area (Å²) in [6.07, 6.45) is 2.03. The molecule has 1 aromatic heterocycles. The third-order valence-corrected chi connectivity index (χ3v) is 6.95. The smallest absolute Gasteiger partial charge is 0.250 e. The molecule has 0 aliphatic carbocycles. The second-order valence-corrected chi connectivity index (χ2v) is 8.82. The van der Waals surface area contributed by atoms with Gasteiger partial charge in [0.15, 0.2) is 0 Å². The molecule has 1 aromatic rings. The highest BCUT2D eigenvalue weighted by Crippen LogP contribution is 2.30. The third-order valence-electron chi connectivity index (χ3n) is 2.92. The van der Waals surface area contributed by atoms with Crippen LogP contribution in [0.5, 0.6) is 0 Å². The van der Waals surface area contributed by atoms with E-state index in [-0.39, 0.29) is 5.92 Å². The Bertz CT molecular complexity index is 487. The van der Waals surface area contributed by atoms with Crippen molar-refractivity contribution in [3.05, 3.63) is 15.4 Å². The van der Waals surface area contributed by atoms with Crippen LogP contribution in [0.4, 0.5) is 0 Å². The normalized spacial score (nSPS) is 21.1. The molecular weight excluding hydrogens is 338 g/mol. The minimum atomic E-state index is -3.38. The van der Waals surface area contributed by atoms with E-state index in [1.165, 1.54) is 11.3 Å². The maximum atomic E-state index is 12.1. The summed E-state index contributed by atoms with van der Waals surface area (Å²) < 4.78 is 33.4. The summed E-state index contributed by atoms with van der Waals surface area (Å²) in [4.78, 5) is 0. The van der Waals surface area contributed by atoms with Gasteiger partial charge in [-0.25, -0.2) is 13.1 Å². The van der Waals surface area contributed by atoms with Gasteiger partial charge in [0, 0.05) is 13.2 Å². The summed E-state index contributed by atoms with van der Waals surface area (Å²) in [5, 5.41) is 0. The highest BCUT2D eigenvalue weighted by atomic mass is 79.9. The standard InChI is InChI=1S/C11H16BrNO3S2/c1-8-5-10(17-11(8)12)18(14,15)13-6-9-3-2-4-16-7-9/h5,9,13H,2-4,6-7H2,1H3. The highest BCUT2D eigenvalue weighted by Gasteiger charge is 2.21. The number of sulfonamides is 1. The largest absolute Gasteiger partial charge is 0.381 e. The Hall–Kier alpha value is 0.0500. The Morgan fingerprint density at radius 3 is 2.94 bits per heavy atom. The van der Waals surface area contributed by atoms with E-state index in [9.17, 15) is 8.42 Å². The SMILES string of the molecule is Cc1cc(S(=O)(=O)NCC2CCCOC2)sc1Br. The summed E-state index contributed by atoms with van der Waals surface area (Å²) in [5.41, 5.74) is 0.946. The molecule has 7 heteroatoms. The maximum Gasteiger partial charge on any atom is 0.250 e. The zero-order valence-corrected chi connectivity index (χ0v) is 13.3. The number of ether oxygens (including phenoxy) is 1. The molecule has 102 valence electrons. The Labute approximate surface area is 120 Å². The highest BCUT2D eigenvalue weighted by molar-refractivity contribution is 9.11. The summed E-state index contributed by atoms with van der Waals surface area (Å²) in [5.74, 6) is 0.290. The molecule has 1 atom stereocenters. The van der Waals surface area contributed by atoms with Gasteiger partial charge in [-0.05, 0) is 53.2 Å². The zero-order chi connectivity index (χ0) is 13.2. The van der Waals surface area contributed by atoms with Gasteiger partial charge >= 0.3 is 0 Å². The van der Waals surface area contributed by atoms with Crippen LogP contribution in [0.1, 0.15) is 18.4 Å². The molecule has 0 spiro atoms. The lowest BCUT2D eigenvalue weighted by molar-refractivity contribution is 0.0568. The molecule has 0 amide bonds. The van der Waals surface area contributed by atoms with Gasteiger partial charge in [0.25, 0.3) is 0 Å². The van der Waals surface area contributed by atoms with Gasteiger partial charge in [0.1, 0.15) is 4.21 Å². The number of rotatable bonds is 4. The van der Waals surface area contributed by atoms with Crippen LogP contribution < -0.4 is 4.72 Å². The number of hydrogen-bond acceptors (Lipinski definition) is 4. The molecule has 0 aromatic carbocycles. The number of halogens is 1. The van der Waals surface area contributed by atoms with Crippen molar-refractivity contribution in [3.63, 3.8) is 0 Å². The minimum Gasteiger partial charge on any atom is -0.381 e. The maximum absolute atomic E-state index is 12.1. The van der Waals surface area contributed by atoms with Gasteiger partial charge in [-0.1, -0.05) is 0 Å². The number of thiophene rings is 1. The molecule has 1 aliphatic rings. The summed E-state index contributed by atoms with van der Waals surface area (Å²) >= 11 is 4.59. The molecule has 1 aliphatic heterocycles. The summed E-state index contributed by atoms with van der Waals surface area (Å²) in [7, 11) is -3.38. The Morgan fingerprint density at radius 2 is 2.39 bits per heavy atom. The van der Waals surface area contributed by atoms with Crippen molar-refractivity contribution < 1.29 is 13.2 Å². The van der Waals surface area contributed by atoms with Gasteiger partial charge in [0.05, 0.1) is 10.4 Å². The van der Waals surface area contributed by atoms with Crippen LogP contribution in [0.3, 0.4) is 0 Å². The van der Waals surface area contributed by atoms with Gasteiger partial charge < -0.3 is 4.74 Å². The monoisotopic (exact) mass is 353 g/mol. The van der Waals surface area contributed by atoms with Crippen molar-refractivity contribution in [3.8, 4) is 0 Å². The van der Waals surface area contributed by atoms with Crippen LogP contribution in [-0.4, -0.2) is 28.2 Å². The van der Waals surface area contributed by atoms with Crippen LogP contribution in [0.2, 0.25) is 0 Å². The molecular formula is C11H16BrNO3S2. The molecule has 1 N–H and O–H groups in total. The Morgan fingerprint density at radius 1 is 1.61 bits per heavy atom. The molecule has 0 saturated carbocycles. The first-order chi connectivity index (χ1) is 8.49. The van der Waals surface area contributed by atoms with E-state index in [0.717, 1.165) is 28.8 Å². The zero-order valence-electron chi connectivity index (χ0n) is 10.1. The second-order valence-electron chi connectivity index (χ2n) is 4.46. The molecule has 0 radical (unpaired) electrons. The fraction of sp³-hybridized carbons (Fsp3) is 0.636. The lowest BCUT2D eigenvalue weighted by Gasteiger charge is -2.21. The molecule has 1 fully saturated rings. The second kappa shape index (κ2) is 6.00. The van der Waals surface area contributed by atoms with Crippen molar-refractivity contribution >= 4 is 37.3 Å². The fourth-order valence-corrected chi connectivity index (χ4v) is 5.22. The van der Waals surface area contributed by atoms with E-state index < -0.39 is 10.0 Å². The van der Waals surface area contributed by atoms with Crippen LogP contribution in [-0.2, 0) is 14.8 Å². The first-order valence-electron chi connectivity index (χ1n) is 5.82. The molecule has 2 heterocycles. The van der Waals surface area contributed by atoms with Crippen molar-refractivity contribution in [1.82, 2.24) is 4.72 Å². The van der Waals surface area contributed by atoms with Crippen LogP contribution in [0.15, 0.2) is 14.1 Å². The number of nitrogens with one attached hydrogen (secondary N) is 1. The van der Waals surface area contributed by atoms with Crippen molar-refractivity contribution in [1.29, 1.82) is 0 Å². The van der Waals surface area contributed by atoms with Crippen LogP contribution >= 0.6 is 27.3 Å². The quantitative estimate of drug-likeness (QED) is 0.904. The van der Waals surface area contributed by atoms with E-state index in [0.29, 0.717) is 17.4 Å². The van der Waals surface area contributed by atoms with E-state index in [1.807, 2.05) is 6.92 Å². The molecule has 4 nitrogen and oxygen atoms in total. The molecule has 2 rings (SSSR count). The average molecular weight is 354 g/mol. The lowest BCUT2D eigenvalue weighted by Crippen LogP contribution is -2.32. The minimum absolute atomic E-state index is 0.290. The summed E-state index contributed by atoms with van der Waals surface area (Å²) in [6.45, 7) is 3.78. The van der Waals surface area contributed by atoms with Gasteiger partial charge in [-0.2, -0.15) is 0 Å². The predicted octanol–water partition coefficient (Wildman–Crippen LogP) is 2.52. The van der Waals surface area contributed by atoms with Crippen LogP contribution in [0, 0.1) is 12.8 Å². The average Bonchev–Trinajstić information content (AvgIpc) is 2.70. The van der Waals surface area contributed by atoms with Gasteiger partial charge in [-0.15, -0.1) is 11.3 Å². The van der Waals surface area contributed by atoms with Gasteiger partial charge in [-0.3, -0.25) is 0 Å². The Kier molecular flexibility index (Phi) is 4.82. The lowest BCUT2D eigenvalue weighted by atomic mass is 10.0. The van der Waals surface area contributed by atoms with Crippen molar-refractivity contribution in [2.24, 2.45) is 5.92 Å². The first-order valence-corrected chi connectivity index (χ1v) is 8.91. The van der Waals surface area contributed by atoms with E-state index >= 15 is 0 Å². The van der Waals surface area contributed by atoms with Crippen molar-refractivity contribution in [2.75, 3.05) is 19.8 Å².